The van der Waals surface area contributed by atoms with Crippen LogP contribution in [0.25, 0.3) is 0 Å². The number of nitrogens with zero attached hydrogens (tertiary/aromatic N) is 3. The fourth-order valence-electron chi connectivity index (χ4n) is 2.14. The monoisotopic (exact) mass is 253 g/mol. The molecule has 0 aromatic carbocycles. The zero-order valence-corrected chi connectivity index (χ0v) is 10.4. The van der Waals surface area contributed by atoms with Crippen molar-refractivity contribution in [1.29, 1.82) is 0 Å². The number of hydrogen-bond donors (Lipinski definition) is 2. The summed E-state index contributed by atoms with van der Waals surface area (Å²) in [6.45, 7) is 4.57. The van der Waals surface area contributed by atoms with Gasteiger partial charge in [-0.05, 0) is 6.92 Å². The van der Waals surface area contributed by atoms with E-state index in [2.05, 4.69) is 15.7 Å². The number of fused-ring (bicyclic) bond motifs is 1. The van der Waals surface area contributed by atoms with Crippen molar-refractivity contribution in [3.63, 3.8) is 0 Å². The van der Waals surface area contributed by atoms with Crippen LogP contribution >= 0.6 is 0 Å². The second-order valence-corrected chi connectivity index (χ2v) is 4.40. The summed E-state index contributed by atoms with van der Waals surface area (Å²) in [6.07, 6.45) is 0.147. The van der Waals surface area contributed by atoms with E-state index in [4.69, 9.17) is 0 Å². The molecule has 0 bridgehead atoms. The van der Waals surface area contributed by atoms with Crippen LogP contribution in [0.15, 0.2) is 4.99 Å². The maximum atomic E-state index is 11.8. The first kappa shape index (κ1) is 12.5. The van der Waals surface area contributed by atoms with Crippen molar-refractivity contribution in [3.05, 3.63) is 0 Å². The predicted molar refractivity (Wildman–Crippen MR) is 62.0 cm³/mol. The molecular weight excluding hydrogens is 238 g/mol. The number of imide groups is 1. The van der Waals surface area contributed by atoms with E-state index in [1.54, 1.807) is 5.01 Å². The number of carbonyl (C=O) groups excluding carboxylic acids is 3. The molecule has 0 saturated carbocycles. The molecule has 8 heteroatoms. The topological polar surface area (TPSA) is 94.1 Å². The average Bonchev–Trinajstić information content (AvgIpc) is 2.57. The summed E-state index contributed by atoms with van der Waals surface area (Å²) in [6, 6.07) is -0.565. The van der Waals surface area contributed by atoms with E-state index in [1.165, 1.54) is 13.8 Å². The molecule has 1 fully saturated rings. The van der Waals surface area contributed by atoms with Crippen LogP contribution < -0.4 is 10.7 Å². The number of hydrogen-bond acceptors (Lipinski definition) is 5. The lowest BCUT2D eigenvalue weighted by molar-refractivity contribution is -0.129. The van der Waals surface area contributed by atoms with E-state index in [0.717, 1.165) is 4.90 Å². The van der Waals surface area contributed by atoms with Gasteiger partial charge in [0.15, 0.2) is 0 Å². The maximum absolute atomic E-state index is 11.8. The van der Waals surface area contributed by atoms with E-state index in [1.807, 2.05) is 6.92 Å². The lowest BCUT2D eigenvalue weighted by Crippen LogP contribution is -2.61. The van der Waals surface area contributed by atoms with Crippen molar-refractivity contribution in [2.45, 2.75) is 39.4 Å². The van der Waals surface area contributed by atoms with Gasteiger partial charge in [-0.3, -0.25) is 19.9 Å². The van der Waals surface area contributed by atoms with E-state index < -0.39 is 12.2 Å². The average molecular weight is 253 g/mol. The molecule has 1 saturated heterocycles. The van der Waals surface area contributed by atoms with Crippen molar-refractivity contribution < 1.29 is 14.4 Å². The van der Waals surface area contributed by atoms with Crippen LogP contribution in [0.2, 0.25) is 0 Å². The Balaban J connectivity index is 2.34. The standard InChI is InChI=1S/C10H15N5O3/c1-5-4-8-14(7(3)17)10(18)12-9(11-6(2)16)15(8)13-5/h5,8,13H,4H2,1-3H3,(H,11,12,16,18). The number of rotatable bonds is 0. The maximum Gasteiger partial charge on any atom is 0.355 e. The number of amides is 4. The van der Waals surface area contributed by atoms with Crippen molar-refractivity contribution in [2.75, 3.05) is 0 Å². The number of hydrazine groups is 1. The first-order valence-electron chi connectivity index (χ1n) is 5.65. The van der Waals surface area contributed by atoms with E-state index in [-0.39, 0.29) is 23.8 Å². The molecule has 4 amide bonds. The number of nitrogens with one attached hydrogen (secondary N) is 2. The molecule has 8 nitrogen and oxygen atoms in total. The first-order valence-corrected chi connectivity index (χ1v) is 5.65. The summed E-state index contributed by atoms with van der Waals surface area (Å²) in [4.78, 5) is 39.1. The zero-order valence-electron chi connectivity index (χ0n) is 10.4. The molecular formula is C10H15N5O3. The Morgan fingerprint density at radius 2 is 2.11 bits per heavy atom. The second-order valence-electron chi connectivity index (χ2n) is 4.40. The Morgan fingerprint density at radius 3 is 2.67 bits per heavy atom. The van der Waals surface area contributed by atoms with Crippen LogP contribution in [0, 0.1) is 0 Å². The number of guanidine groups is 1. The molecule has 0 aromatic rings. The fraction of sp³-hybridized carbons (Fsp3) is 0.600. The molecule has 2 heterocycles. The van der Waals surface area contributed by atoms with Gasteiger partial charge < -0.3 is 0 Å². The van der Waals surface area contributed by atoms with Crippen molar-refractivity contribution in [1.82, 2.24) is 20.7 Å². The van der Waals surface area contributed by atoms with Crippen molar-refractivity contribution >= 4 is 23.8 Å². The Morgan fingerprint density at radius 1 is 1.44 bits per heavy atom. The van der Waals surface area contributed by atoms with E-state index >= 15 is 0 Å². The molecule has 0 aromatic heterocycles. The number of aliphatic imine (C=N–C) groups is 1. The normalized spacial score (nSPS) is 26.8. The van der Waals surface area contributed by atoms with Gasteiger partial charge in [-0.15, -0.1) is 0 Å². The number of urea groups is 1. The summed E-state index contributed by atoms with van der Waals surface area (Å²) in [7, 11) is 0. The largest absolute Gasteiger partial charge is 0.355 e. The highest BCUT2D eigenvalue weighted by Crippen LogP contribution is 2.23. The van der Waals surface area contributed by atoms with Gasteiger partial charge in [0, 0.05) is 26.3 Å². The van der Waals surface area contributed by atoms with Gasteiger partial charge in [-0.2, -0.15) is 4.99 Å². The van der Waals surface area contributed by atoms with Gasteiger partial charge in [0.1, 0.15) is 6.17 Å². The van der Waals surface area contributed by atoms with Crippen molar-refractivity contribution in [2.24, 2.45) is 4.99 Å². The molecule has 98 valence electrons. The van der Waals surface area contributed by atoms with Crippen LogP contribution in [0.4, 0.5) is 4.79 Å². The highest BCUT2D eigenvalue weighted by molar-refractivity contribution is 6.06. The Kier molecular flexibility index (Phi) is 3.04. The molecule has 0 spiro atoms. The lowest BCUT2D eigenvalue weighted by Gasteiger charge is -2.36. The van der Waals surface area contributed by atoms with Crippen molar-refractivity contribution in [3.8, 4) is 0 Å². The summed E-state index contributed by atoms with van der Waals surface area (Å²) in [5.74, 6) is -0.547. The Labute approximate surface area is 104 Å². The Hall–Kier alpha value is -1.96. The zero-order chi connectivity index (χ0) is 13.4. The summed E-state index contributed by atoms with van der Waals surface area (Å²) >= 11 is 0. The van der Waals surface area contributed by atoms with Crippen LogP contribution in [-0.4, -0.2) is 45.9 Å². The molecule has 2 unspecified atom stereocenters. The smallest absolute Gasteiger partial charge is 0.295 e. The van der Waals surface area contributed by atoms with E-state index in [0.29, 0.717) is 6.42 Å². The molecule has 2 atom stereocenters. The quantitative estimate of drug-likeness (QED) is 0.600. The van der Waals surface area contributed by atoms with Gasteiger partial charge in [0.05, 0.1) is 0 Å². The third kappa shape index (κ3) is 2.06. The molecule has 2 N–H and O–H groups in total. The fourth-order valence-corrected chi connectivity index (χ4v) is 2.14. The van der Waals surface area contributed by atoms with Crippen LogP contribution in [0.1, 0.15) is 27.2 Å². The SMILES string of the molecule is CC(=O)NC1=NC(=O)N(C(C)=O)C2CC(C)NN12. The third-order valence-corrected chi connectivity index (χ3v) is 2.78. The van der Waals surface area contributed by atoms with E-state index in [9.17, 15) is 14.4 Å². The summed E-state index contributed by atoms with van der Waals surface area (Å²) in [5, 5.41) is 4.03. The van der Waals surface area contributed by atoms with Crippen LogP contribution in [-0.2, 0) is 9.59 Å². The number of carbonyl (C=O) groups is 3. The Bertz CT molecular complexity index is 447. The highest BCUT2D eigenvalue weighted by atomic mass is 16.2. The minimum atomic E-state index is -0.650. The van der Waals surface area contributed by atoms with Crippen LogP contribution in [0.3, 0.4) is 0 Å². The lowest BCUT2D eigenvalue weighted by atomic mass is 10.2. The predicted octanol–water partition coefficient (Wildman–Crippen LogP) is -0.614. The molecule has 2 aliphatic heterocycles. The molecule has 2 rings (SSSR count). The van der Waals surface area contributed by atoms with Crippen LogP contribution in [0.5, 0.6) is 0 Å². The third-order valence-electron chi connectivity index (χ3n) is 2.78. The van der Waals surface area contributed by atoms with Gasteiger partial charge >= 0.3 is 6.03 Å². The van der Waals surface area contributed by atoms with Gasteiger partial charge in [-0.1, -0.05) is 0 Å². The summed E-state index contributed by atoms with van der Waals surface area (Å²) in [5.41, 5.74) is 3.06. The molecule has 0 aliphatic carbocycles. The highest BCUT2D eigenvalue weighted by Gasteiger charge is 2.44. The second kappa shape index (κ2) is 4.37. The molecule has 18 heavy (non-hydrogen) atoms. The van der Waals surface area contributed by atoms with Gasteiger partial charge in [0.25, 0.3) is 0 Å². The molecule has 2 aliphatic rings. The first-order chi connectivity index (χ1) is 8.40. The minimum absolute atomic E-state index is 0.0849. The molecule has 0 radical (unpaired) electrons. The minimum Gasteiger partial charge on any atom is -0.295 e. The van der Waals surface area contributed by atoms with Gasteiger partial charge in [0.2, 0.25) is 17.8 Å². The summed E-state index contributed by atoms with van der Waals surface area (Å²) < 4.78 is 0. The van der Waals surface area contributed by atoms with Gasteiger partial charge in [-0.25, -0.2) is 15.1 Å².